The standard InChI is InChI=1S/C16H15N3OS/c17-16-14(11-6-3-4-8-18-11)15(20-19-16)13-9-10-5-1-2-7-12(10)21-13/h3-4,6,8-9H,1-2,5,7H2,(H2,17,19). The Kier molecular flexibility index (Phi) is 3.00. The molecule has 0 fully saturated rings. The molecular formula is C16H15N3OS. The molecule has 4 nitrogen and oxygen atoms in total. The van der Waals surface area contributed by atoms with Gasteiger partial charge in [-0.3, -0.25) is 4.98 Å². The van der Waals surface area contributed by atoms with Crippen LogP contribution in [0.5, 0.6) is 0 Å². The van der Waals surface area contributed by atoms with E-state index in [4.69, 9.17) is 10.3 Å². The van der Waals surface area contributed by atoms with Crippen LogP contribution in [0.4, 0.5) is 5.82 Å². The first-order valence-corrected chi connectivity index (χ1v) is 7.93. The third kappa shape index (κ3) is 2.14. The molecule has 2 N–H and O–H groups in total. The molecule has 3 heterocycles. The van der Waals surface area contributed by atoms with Crippen molar-refractivity contribution in [1.29, 1.82) is 0 Å². The van der Waals surface area contributed by atoms with Gasteiger partial charge in [-0.1, -0.05) is 11.2 Å². The average Bonchev–Trinajstić information content (AvgIpc) is 3.11. The SMILES string of the molecule is Nc1noc(-c2cc3c(s2)CCCC3)c1-c1ccccn1. The molecule has 3 aromatic heterocycles. The monoisotopic (exact) mass is 297 g/mol. The van der Waals surface area contributed by atoms with Crippen LogP contribution in [0.3, 0.4) is 0 Å². The van der Waals surface area contributed by atoms with Gasteiger partial charge < -0.3 is 10.3 Å². The number of aryl methyl sites for hydroxylation is 2. The van der Waals surface area contributed by atoms with Gasteiger partial charge in [0.05, 0.1) is 16.1 Å². The van der Waals surface area contributed by atoms with Gasteiger partial charge in [0.15, 0.2) is 11.6 Å². The molecule has 0 amide bonds. The largest absolute Gasteiger partial charge is 0.380 e. The average molecular weight is 297 g/mol. The number of thiophene rings is 1. The summed E-state index contributed by atoms with van der Waals surface area (Å²) in [7, 11) is 0. The first-order chi connectivity index (χ1) is 10.3. The van der Waals surface area contributed by atoms with Gasteiger partial charge in [0.25, 0.3) is 0 Å². The smallest absolute Gasteiger partial charge is 0.188 e. The number of nitrogens with two attached hydrogens (primary N) is 1. The number of nitrogens with zero attached hydrogens (tertiary/aromatic N) is 2. The fourth-order valence-electron chi connectivity index (χ4n) is 2.83. The molecule has 3 aromatic rings. The van der Waals surface area contributed by atoms with E-state index in [0.29, 0.717) is 5.82 Å². The molecule has 0 spiro atoms. The van der Waals surface area contributed by atoms with Crippen molar-refractivity contribution in [2.24, 2.45) is 0 Å². The Balaban J connectivity index is 1.85. The lowest BCUT2D eigenvalue weighted by Crippen LogP contribution is -1.96. The fraction of sp³-hybridized carbons (Fsp3) is 0.250. The molecule has 5 heteroatoms. The van der Waals surface area contributed by atoms with E-state index in [0.717, 1.165) is 28.3 Å². The highest BCUT2D eigenvalue weighted by Crippen LogP contribution is 2.41. The molecule has 0 aromatic carbocycles. The number of aromatic nitrogens is 2. The van der Waals surface area contributed by atoms with Crippen LogP contribution in [0.15, 0.2) is 35.0 Å². The van der Waals surface area contributed by atoms with Crippen LogP contribution in [0.2, 0.25) is 0 Å². The Morgan fingerprint density at radius 2 is 2.10 bits per heavy atom. The molecule has 4 rings (SSSR count). The summed E-state index contributed by atoms with van der Waals surface area (Å²) in [6.07, 6.45) is 6.63. The summed E-state index contributed by atoms with van der Waals surface area (Å²) in [5.74, 6) is 1.14. The minimum atomic E-state index is 0.398. The molecule has 0 saturated heterocycles. The van der Waals surface area contributed by atoms with E-state index < -0.39 is 0 Å². The Morgan fingerprint density at radius 3 is 2.90 bits per heavy atom. The van der Waals surface area contributed by atoms with Gasteiger partial charge >= 0.3 is 0 Å². The third-order valence-electron chi connectivity index (χ3n) is 3.86. The first kappa shape index (κ1) is 12.6. The van der Waals surface area contributed by atoms with Crippen molar-refractivity contribution in [1.82, 2.24) is 10.1 Å². The maximum atomic E-state index is 5.99. The number of hydrogen-bond donors (Lipinski definition) is 1. The van der Waals surface area contributed by atoms with Crippen LogP contribution in [-0.4, -0.2) is 10.1 Å². The lowest BCUT2D eigenvalue weighted by Gasteiger charge is -2.08. The summed E-state index contributed by atoms with van der Waals surface area (Å²) < 4.78 is 5.51. The molecular weight excluding hydrogens is 282 g/mol. The zero-order valence-corrected chi connectivity index (χ0v) is 12.3. The third-order valence-corrected chi connectivity index (χ3v) is 5.10. The van der Waals surface area contributed by atoms with Crippen molar-refractivity contribution in [2.45, 2.75) is 25.7 Å². The highest BCUT2D eigenvalue weighted by atomic mass is 32.1. The molecule has 0 atom stereocenters. The topological polar surface area (TPSA) is 64.9 Å². The van der Waals surface area contributed by atoms with Crippen LogP contribution in [0.25, 0.3) is 21.9 Å². The van der Waals surface area contributed by atoms with Crippen LogP contribution in [-0.2, 0) is 12.8 Å². The summed E-state index contributed by atoms with van der Waals surface area (Å²) in [5.41, 5.74) is 9.04. The first-order valence-electron chi connectivity index (χ1n) is 7.11. The molecule has 106 valence electrons. The van der Waals surface area contributed by atoms with Crippen molar-refractivity contribution in [3.05, 3.63) is 40.9 Å². The normalized spacial score (nSPS) is 14.1. The van der Waals surface area contributed by atoms with Crippen LogP contribution in [0.1, 0.15) is 23.3 Å². The fourth-order valence-corrected chi connectivity index (χ4v) is 4.07. The summed E-state index contributed by atoms with van der Waals surface area (Å²) in [5, 5.41) is 3.94. The Labute approximate surface area is 126 Å². The van der Waals surface area contributed by atoms with Crippen LogP contribution in [0, 0.1) is 0 Å². The number of hydrogen-bond acceptors (Lipinski definition) is 5. The molecule has 21 heavy (non-hydrogen) atoms. The second-order valence-corrected chi connectivity index (χ2v) is 6.39. The van der Waals surface area contributed by atoms with Crippen molar-refractivity contribution in [2.75, 3.05) is 5.73 Å². The summed E-state index contributed by atoms with van der Waals surface area (Å²) >= 11 is 1.79. The highest BCUT2D eigenvalue weighted by molar-refractivity contribution is 7.15. The molecule has 0 aliphatic heterocycles. The summed E-state index contributed by atoms with van der Waals surface area (Å²) in [6.45, 7) is 0. The zero-order chi connectivity index (χ0) is 14.2. The van der Waals surface area contributed by atoms with Crippen molar-refractivity contribution in [3.8, 4) is 21.9 Å². The highest BCUT2D eigenvalue weighted by Gasteiger charge is 2.22. The van der Waals surface area contributed by atoms with E-state index in [9.17, 15) is 0 Å². The molecule has 1 aliphatic rings. The van der Waals surface area contributed by atoms with Crippen molar-refractivity contribution in [3.63, 3.8) is 0 Å². The van der Waals surface area contributed by atoms with E-state index in [1.165, 1.54) is 29.7 Å². The number of fused-ring (bicyclic) bond motifs is 1. The van der Waals surface area contributed by atoms with E-state index in [1.54, 1.807) is 17.5 Å². The van der Waals surface area contributed by atoms with Gasteiger partial charge in [-0.2, -0.15) is 0 Å². The van der Waals surface area contributed by atoms with Gasteiger partial charge in [-0.15, -0.1) is 11.3 Å². The number of anilines is 1. The summed E-state index contributed by atoms with van der Waals surface area (Å²) in [6, 6.07) is 7.99. The van der Waals surface area contributed by atoms with Crippen molar-refractivity contribution >= 4 is 17.2 Å². The summed E-state index contributed by atoms with van der Waals surface area (Å²) in [4.78, 5) is 6.95. The Morgan fingerprint density at radius 1 is 1.19 bits per heavy atom. The van der Waals surface area contributed by atoms with Crippen LogP contribution < -0.4 is 5.73 Å². The van der Waals surface area contributed by atoms with E-state index in [2.05, 4.69) is 16.2 Å². The van der Waals surface area contributed by atoms with E-state index in [-0.39, 0.29) is 0 Å². The predicted octanol–water partition coefficient (Wildman–Crippen LogP) is 3.93. The number of rotatable bonds is 2. The second kappa shape index (κ2) is 5.00. The quantitative estimate of drug-likeness (QED) is 0.778. The molecule has 0 bridgehead atoms. The van der Waals surface area contributed by atoms with E-state index in [1.807, 2.05) is 18.2 Å². The maximum absolute atomic E-state index is 5.99. The molecule has 0 saturated carbocycles. The molecule has 0 unspecified atom stereocenters. The van der Waals surface area contributed by atoms with Gasteiger partial charge in [-0.05, 0) is 49.4 Å². The second-order valence-electron chi connectivity index (χ2n) is 5.25. The zero-order valence-electron chi connectivity index (χ0n) is 11.5. The lowest BCUT2D eigenvalue weighted by atomic mass is 9.99. The minimum Gasteiger partial charge on any atom is -0.380 e. The number of nitrogen functional groups attached to an aromatic ring is 1. The molecule has 1 aliphatic carbocycles. The van der Waals surface area contributed by atoms with E-state index >= 15 is 0 Å². The van der Waals surface area contributed by atoms with Gasteiger partial charge in [-0.25, -0.2) is 0 Å². The predicted molar refractivity (Wildman–Crippen MR) is 84.1 cm³/mol. The van der Waals surface area contributed by atoms with Gasteiger partial charge in [0.2, 0.25) is 0 Å². The minimum absolute atomic E-state index is 0.398. The lowest BCUT2D eigenvalue weighted by molar-refractivity contribution is 0.437. The Hall–Kier alpha value is -2.14. The van der Waals surface area contributed by atoms with Gasteiger partial charge in [0.1, 0.15) is 0 Å². The van der Waals surface area contributed by atoms with Crippen molar-refractivity contribution < 1.29 is 4.52 Å². The van der Waals surface area contributed by atoms with Gasteiger partial charge in [0, 0.05) is 11.1 Å². The van der Waals surface area contributed by atoms with Crippen LogP contribution >= 0.6 is 11.3 Å². The number of pyridine rings is 1. The maximum Gasteiger partial charge on any atom is 0.188 e. The molecule has 0 radical (unpaired) electrons. The Bertz CT molecular complexity index is 753.